The first-order valence-corrected chi connectivity index (χ1v) is 6.73. The van der Waals surface area contributed by atoms with Gasteiger partial charge in [-0.2, -0.15) is 0 Å². The first-order valence-electron chi connectivity index (χ1n) is 5.92. The van der Waals surface area contributed by atoms with Crippen molar-refractivity contribution in [3.63, 3.8) is 0 Å². The summed E-state index contributed by atoms with van der Waals surface area (Å²) in [6.45, 7) is 0. The Hall–Kier alpha value is -2.73. The van der Waals surface area contributed by atoms with E-state index in [0.29, 0.717) is 0 Å². The number of carbonyl (C=O) groups excluding carboxylic acids is 2. The summed E-state index contributed by atoms with van der Waals surface area (Å²) in [7, 11) is 0. The standard InChI is InChI=1S/C15H8O5S/c16-11-7-3-1-5-9(14(17)18)12(7)21-13-8(11)4-2-6-10(13)15(19)20/h1-6H,(H,17,18)(H,19,20)/p-2. The molecule has 21 heavy (non-hydrogen) atoms. The summed E-state index contributed by atoms with van der Waals surface area (Å²) in [5, 5.41) is 22.7. The first-order chi connectivity index (χ1) is 10.0. The summed E-state index contributed by atoms with van der Waals surface area (Å²) < 4.78 is 0.396. The van der Waals surface area contributed by atoms with Gasteiger partial charge in [0.25, 0.3) is 0 Å². The second kappa shape index (κ2) is 4.68. The van der Waals surface area contributed by atoms with Crippen molar-refractivity contribution in [2.45, 2.75) is 0 Å². The molecule has 2 aromatic carbocycles. The smallest absolute Gasteiger partial charge is 0.195 e. The van der Waals surface area contributed by atoms with E-state index in [1.54, 1.807) is 0 Å². The van der Waals surface area contributed by atoms with Gasteiger partial charge in [-0.3, -0.25) is 4.79 Å². The molecule has 0 saturated carbocycles. The zero-order chi connectivity index (χ0) is 15.1. The van der Waals surface area contributed by atoms with Crippen LogP contribution in [-0.2, 0) is 0 Å². The quantitative estimate of drug-likeness (QED) is 0.627. The molecule has 3 rings (SSSR count). The molecule has 0 fully saturated rings. The number of aromatic carboxylic acids is 2. The zero-order valence-corrected chi connectivity index (χ0v) is 11.2. The molecule has 0 N–H and O–H groups in total. The Balaban J connectivity index is 2.60. The molecule has 0 saturated heterocycles. The molecule has 0 amide bonds. The van der Waals surface area contributed by atoms with Gasteiger partial charge in [0, 0.05) is 31.3 Å². The average Bonchev–Trinajstić information content (AvgIpc) is 2.46. The van der Waals surface area contributed by atoms with Crippen LogP contribution in [0.1, 0.15) is 20.7 Å². The second-order valence-corrected chi connectivity index (χ2v) is 5.39. The number of hydrogen-bond donors (Lipinski definition) is 0. The van der Waals surface area contributed by atoms with Crippen molar-refractivity contribution in [3.8, 4) is 0 Å². The van der Waals surface area contributed by atoms with Gasteiger partial charge >= 0.3 is 0 Å². The minimum atomic E-state index is -1.42. The van der Waals surface area contributed by atoms with Crippen molar-refractivity contribution >= 4 is 43.4 Å². The number of carboxylic acids is 2. The molecule has 1 aromatic heterocycles. The third-order valence-corrected chi connectivity index (χ3v) is 4.45. The first kappa shape index (κ1) is 13.3. The highest BCUT2D eigenvalue weighted by molar-refractivity contribution is 7.25. The van der Waals surface area contributed by atoms with Crippen LogP contribution >= 0.6 is 11.3 Å². The molecule has 0 unspecified atom stereocenters. The molecule has 0 aliphatic heterocycles. The third kappa shape index (κ3) is 1.96. The van der Waals surface area contributed by atoms with Crippen molar-refractivity contribution in [3.05, 3.63) is 57.7 Å². The maximum Gasteiger partial charge on any atom is 0.195 e. The van der Waals surface area contributed by atoms with Gasteiger partial charge in [-0.25, -0.2) is 0 Å². The molecule has 3 aromatic rings. The van der Waals surface area contributed by atoms with Gasteiger partial charge in [-0.1, -0.05) is 24.3 Å². The molecule has 0 aliphatic carbocycles. The highest BCUT2D eigenvalue weighted by Crippen LogP contribution is 2.29. The van der Waals surface area contributed by atoms with E-state index in [1.165, 1.54) is 36.4 Å². The lowest BCUT2D eigenvalue weighted by Crippen LogP contribution is -2.23. The Labute approximate surface area is 121 Å². The van der Waals surface area contributed by atoms with Crippen LogP contribution in [0.25, 0.3) is 20.2 Å². The average molecular weight is 298 g/mol. The van der Waals surface area contributed by atoms with E-state index in [2.05, 4.69) is 0 Å². The summed E-state index contributed by atoms with van der Waals surface area (Å²) >= 11 is 0.934. The fourth-order valence-corrected chi connectivity index (χ4v) is 3.49. The molecule has 1 heterocycles. The monoisotopic (exact) mass is 298 g/mol. The van der Waals surface area contributed by atoms with E-state index in [4.69, 9.17) is 0 Å². The number of rotatable bonds is 2. The van der Waals surface area contributed by atoms with Gasteiger partial charge < -0.3 is 19.8 Å². The van der Waals surface area contributed by atoms with Gasteiger partial charge in [0.05, 0.1) is 11.9 Å². The molecular formula is C15H6O5S-2. The maximum atomic E-state index is 12.4. The van der Waals surface area contributed by atoms with Crippen LogP contribution in [0, 0.1) is 0 Å². The van der Waals surface area contributed by atoms with E-state index in [-0.39, 0.29) is 31.3 Å². The summed E-state index contributed by atoms with van der Waals surface area (Å²) in [5.41, 5.74) is -0.681. The normalized spacial score (nSPS) is 10.9. The number of carbonyl (C=O) groups is 2. The second-order valence-electron chi connectivity index (χ2n) is 4.37. The highest BCUT2D eigenvalue weighted by Gasteiger charge is 2.12. The van der Waals surface area contributed by atoms with E-state index in [9.17, 15) is 24.6 Å². The number of hydrogen-bond acceptors (Lipinski definition) is 6. The summed E-state index contributed by atoms with van der Waals surface area (Å²) in [5.74, 6) is -2.83. The van der Waals surface area contributed by atoms with Crippen LogP contribution in [0.15, 0.2) is 41.2 Å². The molecule has 5 nitrogen and oxygen atoms in total. The Morgan fingerprint density at radius 3 is 1.62 bits per heavy atom. The fourth-order valence-electron chi connectivity index (χ4n) is 2.22. The van der Waals surface area contributed by atoms with Gasteiger partial charge in [0.1, 0.15) is 0 Å². The van der Waals surface area contributed by atoms with Crippen LogP contribution in [-0.4, -0.2) is 11.9 Å². The van der Waals surface area contributed by atoms with E-state index >= 15 is 0 Å². The molecule has 104 valence electrons. The van der Waals surface area contributed by atoms with Gasteiger partial charge in [0.2, 0.25) is 0 Å². The zero-order valence-electron chi connectivity index (χ0n) is 10.4. The molecular weight excluding hydrogens is 292 g/mol. The van der Waals surface area contributed by atoms with E-state index in [1.807, 2.05) is 0 Å². The van der Waals surface area contributed by atoms with E-state index in [0.717, 1.165) is 11.3 Å². The third-order valence-electron chi connectivity index (χ3n) is 3.16. The molecule has 0 atom stereocenters. The maximum absolute atomic E-state index is 12.4. The number of carboxylic acid groups (broad SMARTS) is 2. The Morgan fingerprint density at radius 1 is 0.810 bits per heavy atom. The molecule has 0 aliphatic rings. The molecule has 0 bridgehead atoms. The minimum Gasteiger partial charge on any atom is -0.545 e. The SMILES string of the molecule is O=C([O-])c1cccc2c(=O)c3cccc(C(=O)[O-])c3sc12. The Kier molecular flexibility index (Phi) is 2.95. The van der Waals surface area contributed by atoms with Crippen molar-refractivity contribution in [1.82, 2.24) is 0 Å². The lowest BCUT2D eigenvalue weighted by atomic mass is 10.1. The predicted molar refractivity (Wildman–Crippen MR) is 74.3 cm³/mol. The molecule has 0 spiro atoms. The predicted octanol–water partition coefficient (Wildman–Crippen LogP) is 0.142. The van der Waals surface area contributed by atoms with Gasteiger partial charge in [-0.15, -0.1) is 11.3 Å². The van der Waals surface area contributed by atoms with Gasteiger partial charge in [-0.05, 0) is 12.1 Å². The van der Waals surface area contributed by atoms with Crippen molar-refractivity contribution in [2.24, 2.45) is 0 Å². The molecule has 6 heteroatoms. The van der Waals surface area contributed by atoms with Gasteiger partial charge in [0.15, 0.2) is 5.43 Å². The van der Waals surface area contributed by atoms with Crippen LogP contribution < -0.4 is 15.6 Å². The van der Waals surface area contributed by atoms with Crippen molar-refractivity contribution in [2.75, 3.05) is 0 Å². The van der Waals surface area contributed by atoms with Crippen LogP contribution in [0.2, 0.25) is 0 Å². The van der Waals surface area contributed by atoms with Crippen molar-refractivity contribution in [1.29, 1.82) is 0 Å². The van der Waals surface area contributed by atoms with Crippen molar-refractivity contribution < 1.29 is 19.8 Å². The largest absolute Gasteiger partial charge is 0.545 e. The summed E-state index contributed by atoms with van der Waals surface area (Å²) in [6.07, 6.45) is 0. The summed E-state index contributed by atoms with van der Waals surface area (Å²) in [4.78, 5) is 34.7. The lowest BCUT2D eigenvalue weighted by molar-refractivity contribution is -0.255. The van der Waals surface area contributed by atoms with Crippen LogP contribution in [0.5, 0.6) is 0 Å². The fraction of sp³-hybridized carbons (Fsp3) is 0. The van der Waals surface area contributed by atoms with E-state index < -0.39 is 17.4 Å². The number of benzene rings is 2. The number of fused-ring (bicyclic) bond motifs is 2. The Morgan fingerprint density at radius 2 is 1.24 bits per heavy atom. The summed E-state index contributed by atoms with van der Waals surface area (Å²) in [6, 6.07) is 8.56. The lowest BCUT2D eigenvalue weighted by Gasteiger charge is -2.10. The Bertz CT molecular complexity index is 896. The topological polar surface area (TPSA) is 97.3 Å². The minimum absolute atomic E-state index is 0.135. The molecule has 0 radical (unpaired) electrons. The van der Waals surface area contributed by atoms with Crippen LogP contribution in [0.3, 0.4) is 0 Å². The van der Waals surface area contributed by atoms with Crippen LogP contribution in [0.4, 0.5) is 0 Å². The highest BCUT2D eigenvalue weighted by atomic mass is 32.1.